The van der Waals surface area contributed by atoms with E-state index in [1.165, 1.54) is 0 Å². The SMILES string of the molecule is CC.CC.Cc1nc(COCC2COC(C)(C)O2)c(C)n1C. The van der Waals surface area contributed by atoms with Gasteiger partial charge in [-0.1, -0.05) is 27.7 Å². The molecular formula is C17H34N2O3. The lowest BCUT2D eigenvalue weighted by Crippen LogP contribution is -2.24. The Kier molecular flexibility index (Phi) is 9.56. The summed E-state index contributed by atoms with van der Waals surface area (Å²) in [7, 11) is 2.01. The van der Waals surface area contributed by atoms with Crippen LogP contribution in [0, 0.1) is 13.8 Å². The van der Waals surface area contributed by atoms with Gasteiger partial charge in [0.25, 0.3) is 0 Å². The van der Waals surface area contributed by atoms with Gasteiger partial charge in [0.2, 0.25) is 0 Å². The van der Waals surface area contributed by atoms with E-state index in [-0.39, 0.29) is 6.10 Å². The van der Waals surface area contributed by atoms with Crippen molar-refractivity contribution in [2.24, 2.45) is 7.05 Å². The third-order valence-corrected chi connectivity index (χ3v) is 3.31. The highest BCUT2D eigenvalue weighted by molar-refractivity contribution is 5.13. The summed E-state index contributed by atoms with van der Waals surface area (Å²) in [6.45, 7) is 17.5. The quantitative estimate of drug-likeness (QED) is 0.849. The Morgan fingerprint density at radius 1 is 1.23 bits per heavy atom. The largest absolute Gasteiger partial charge is 0.372 e. The standard InChI is InChI=1S/C13H22N2O3.2C2H6/c1-9-12(14-10(2)15(9)5)8-16-6-11-7-17-13(3,4)18-11;2*1-2/h11H,6-8H2,1-5H3;2*1-2H3. The van der Waals surface area contributed by atoms with Crippen molar-refractivity contribution in [1.82, 2.24) is 9.55 Å². The predicted molar refractivity (Wildman–Crippen MR) is 89.9 cm³/mol. The Morgan fingerprint density at radius 3 is 2.23 bits per heavy atom. The van der Waals surface area contributed by atoms with Gasteiger partial charge in [-0.3, -0.25) is 0 Å². The number of hydrogen-bond acceptors (Lipinski definition) is 4. The third kappa shape index (κ3) is 6.07. The molecule has 0 saturated carbocycles. The van der Waals surface area contributed by atoms with E-state index in [1.807, 2.05) is 55.5 Å². The summed E-state index contributed by atoms with van der Waals surface area (Å²) in [6, 6.07) is 0. The van der Waals surface area contributed by atoms with Crippen LogP contribution in [0.3, 0.4) is 0 Å². The van der Waals surface area contributed by atoms with Crippen LogP contribution in [0.1, 0.15) is 58.8 Å². The number of imidazole rings is 1. The van der Waals surface area contributed by atoms with Gasteiger partial charge in [-0.05, 0) is 27.7 Å². The lowest BCUT2D eigenvalue weighted by Gasteiger charge is -2.16. The smallest absolute Gasteiger partial charge is 0.163 e. The molecule has 1 aliphatic rings. The first-order valence-corrected chi connectivity index (χ1v) is 8.27. The van der Waals surface area contributed by atoms with Gasteiger partial charge in [0.15, 0.2) is 5.79 Å². The van der Waals surface area contributed by atoms with Crippen molar-refractivity contribution in [2.75, 3.05) is 13.2 Å². The van der Waals surface area contributed by atoms with Gasteiger partial charge in [0, 0.05) is 12.7 Å². The molecule has 2 rings (SSSR count). The molecule has 1 saturated heterocycles. The van der Waals surface area contributed by atoms with Crippen molar-refractivity contribution in [3.05, 3.63) is 17.2 Å². The molecule has 0 radical (unpaired) electrons. The minimum absolute atomic E-state index is 0.0186. The molecule has 0 spiro atoms. The molecular weight excluding hydrogens is 280 g/mol. The van der Waals surface area contributed by atoms with E-state index in [1.54, 1.807) is 0 Å². The number of aromatic nitrogens is 2. The van der Waals surface area contributed by atoms with E-state index in [0.717, 1.165) is 17.2 Å². The van der Waals surface area contributed by atoms with Gasteiger partial charge < -0.3 is 18.8 Å². The highest BCUT2D eigenvalue weighted by Crippen LogP contribution is 2.22. The minimum Gasteiger partial charge on any atom is -0.372 e. The Morgan fingerprint density at radius 2 is 1.82 bits per heavy atom. The summed E-state index contributed by atoms with van der Waals surface area (Å²) in [6.07, 6.45) is 0.0186. The van der Waals surface area contributed by atoms with Crippen LogP contribution in [0.15, 0.2) is 0 Å². The maximum Gasteiger partial charge on any atom is 0.163 e. The monoisotopic (exact) mass is 314 g/mol. The van der Waals surface area contributed by atoms with E-state index in [9.17, 15) is 0 Å². The fourth-order valence-electron chi connectivity index (χ4n) is 2.06. The van der Waals surface area contributed by atoms with Crippen LogP contribution < -0.4 is 0 Å². The second-order valence-electron chi connectivity index (χ2n) is 5.22. The average molecular weight is 314 g/mol. The van der Waals surface area contributed by atoms with E-state index < -0.39 is 5.79 Å². The van der Waals surface area contributed by atoms with Crippen molar-refractivity contribution in [2.45, 2.75) is 73.9 Å². The zero-order chi connectivity index (χ0) is 17.3. The summed E-state index contributed by atoms with van der Waals surface area (Å²) in [4.78, 5) is 4.47. The molecule has 2 heterocycles. The molecule has 1 fully saturated rings. The molecule has 1 aromatic heterocycles. The first kappa shape index (κ1) is 21.1. The number of ether oxygens (including phenoxy) is 3. The van der Waals surface area contributed by atoms with Crippen LogP contribution in [-0.4, -0.2) is 34.7 Å². The van der Waals surface area contributed by atoms with E-state index in [2.05, 4.69) is 16.5 Å². The van der Waals surface area contributed by atoms with Crippen molar-refractivity contribution < 1.29 is 14.2 Å². The Bertz CT molecular complexity index is 428. The first-order valence-electron chi connectivity index (χ1n) is 8.27. The molecule has 22 heavy (non-hydrogen) atoms. The molecule has 1 aliphatic heterocycles. The maximum absolute atomic E-state index is 5.67. The molecule has 5 heteroatoms. The van der Waals surface area contributed by atoms with Crippen molar-refractivity contribution in [3.8, 4) is 0 Å². The molecule has 1 aromatic rings. The normalized spacial score (nSPS) is 19.0. The van der Waals surface area contributed by atoms with Gasteiger partial charge in [0.1, 0.15) is 11.9 Å². The number of rotatable bonds is 4. The van der Waals surface area contributed by atoms with Gasteiger partial charge in [-0.25, -0.2) is 4.98 Å². The molecule has 0 aliphatic carbocycles. The summed E-state index contributed by atoms with van der Waals surface area (Å²) >= 11 is 0. The summed E-state index contributed by atoms with van der Waals surface area (Å²) < 4.78 is 18.9. The Hall–Kier alpha value is -0.910. The van der Waals surface area contributed by atoms with Gasteiger partial charge in [-0.15, -0.1) is 0 Å². The fourth-order valence-corrected chi connectivity index (χ4v) is 2.06. The number of nitrogens with zero attached hydrogens (tertiary/aromatic N) is 2. The highest BCUT2D eigenvalue weighted by atomic mass is 16.7. The summed E-state index contributed by atoms with van der Waals surface area (Å²) in [5, 5.41) is 0. The van der Waals surface area contributed by atoms with Crippen molar-refractivity contribution in [1.29, 1.82) is 0 Å². The molecule has 130 valence electrons. The topological polar surface area (TPSA) is 45.5 Å². The first-order chi connectivity index (χ1) is 10.4. The molecule has 5 nitrogen and oxygen atoms in total. The Labute approximate surface area is 136 Å². The highest BCUT2D eigenvalue weighted by Gasteiger charge is 2.32. The molecule has 0 N–H and O–H groups in total. The Balaban J connectivity index is 0.00000102. The molecule has 1 atom stereocenters. The lowest BCUT2D eigenvalue weighted by molar-refractivity contribution is -0.145. The zero-order valence-corrected chi connectivity index (χ0v) is 15.8. The number of aryl methyl sites for hydroxylation is 1. The fraction of sp³-hybridized carbons (Fsp3) is 0.824. The molecule has 0 amide bonds. The van der Waals surface area contributed by atoms with E-state index >= 15 is 0 Å². The van der Waals surface area contributed by atoms with E-state index in [4.69, 9.17) is 14.2 Å². The van der Waals surface area contributed by atoms with Gasteiger partial charge in [-0.2, -0.15) is 0 Å². The predicted octanol–water partition coefficient (Wildman–Crippen LogP) is 3.76. The van der Waals surface area contributed by atoms with Crippen LogP contribution in [0.4, 0.5) is 0 Å². The molecule has 0 bridgehead atoms. The van der Waals surface area contributed by atoms with E-state index in [0.29, 0.717) is 19.8 Å². The van der Waals surface area contributed by atoms with Crippen LogP contribution in [-0.2, 0) is 27.9 Å². The van der Waals surface area contributed by atoms with Gasteiger partial charge in [0.05, 0.1) is 25.5 Å². The lowest BCUT2D eigenvalue weighted by atomic mass is 10.3. The molecule has 1 unspecified atom stereocenters. The van der Waals surface area contributed by atoms with Crippen LogP contribution in [0.5, 0.6) is 0 Å². The second-order valence-corrected chi connectivity index (χ2v) is 5.22. The minimum atomic E-state index is -0.481. The average Bonchev–Trinajstić information content (AvgIpc) is 2.98. The second kappa shape index (κ2) is 9.98. The van der Waals surface area contributed by atoms with Crippen molar-refractivity contribution >= 4 is 0 Å². The summed E-state index contributed by atoms with van der Waals surface area (Å²) in [5.74, 6) is 0.526. The third-order valence-electron chi connectivity index (χ3n) is 3.31. The van der Waals surface area contributed by atoms with Crippen LogP contribution >= 0.6 is 0 Å². The van der Waals surface area contributed by atoms with Crippen LogP contribution in [0.25, 0.3) is 0 Å². The molecule has 0 aromatic carbocycles. The zero-order valence-electron chi connectivity index (χ0n) is 15.8. The van der Waals surface area contributed by atoms with Gasteiger partial charge >= 0.3 is 0 Å². The summed E-state index contributed by atoms with van der Waals surface area (Å²) in [5.41, 5.74) is 2.14. The van der Waals surface area contributed by atoms with Crippen molar-refractivity contribution in [3.63, 3.8) is 0 Å². The number of hydrogen-bond donors (Lipinski definition) is 0. The van der Waals surface area contributed by atoms with Crippen LogP contribution in [0.2, 0.25) is 0 Å². The maximum atomic E-state index is 5.67.